The van der Waals surface area contributed by atoms with Crippen LogP contribution in [0.25, 0.3) is 0 Å². The van der Waals surface area contributed by atoms with Gasteiger partial charge in [0.05, 0.1) is 0 Å². The van der Waals surface area contributed by atoms with Crippen molar-refractivity contribution in [1.82, 2.24) is 0 Å². The number of carbonyl (C=O) groups excluding carboxylic acids is 1. The Bertz CT molecular complexity index is 177. The molecule has 0 saturated carbocycles. The molecule has 0 N–H and O–H groups in total. The molecule has 0 aromatic heterocycles. The zero-order chi connectivity index (χ0) is 5.98. The zero-order valence-electron chi connectivity index (χ0n) is 5.07. The van der Waals surface area contributed by atoms with Crippen LogP contribution in [-0.2, 0) is 17.1 Å². The molecule has 1 rings (SSSR count). The molecule has 0 aliphatic carbocycles. The van der Waals surface area contributed by atoms with Crippen molar-refractivity contribution in [1.29, 1.82) is 0 Å². The average molecular weight is 163 g/mol. The minimum Gasteiger partial charge on any atom is -0.309 e. The van der Waals surface area contributed by atoms with E-state index in [2.05, 4.69) is 0 Å². The van der Waals surface area contributed by atoms with Crippen LogP contribution < -0.4 is 0 Å². The van der Waals surface area contributed by atoms with Crippen molar-refractivity contribution in [3.05, 3.63) is 29.8 Å². The fourth-order valence-electron chi connectivity index (χ4n) is 0.609. The first-order valence-electron chi connectivity index (χ1n) is 2.53. The summed E-state index contributed by atoms with van der Waals surface area (Å²) in [6, 6.07) is 7.33. The molecule has 0 fully saturated rings. The Morgan fingerprint density at radius 1 is 1.33 bits per heavy atom. The van der Waals surface area contributed by atoms with Crippen molar-refractivity contribution < 1.29 is 21.9 Å². The van der Waals surface area contributed by atoms with Gasteiger partial charge in [-0.15, -0.1) is 0 Å². The van der Waals surface area contributed by atoms with Gasteiger partial charge in [0.2, 0.25) is 0 Å². The third-order valence-electron chi connectivity index (χ3n) is 1.07. The van der Waals surface area contributed by atoms with Gasteiger partial charge in [-0.2, -0.15) is 12.1 Å². The Balaban J connectivity index is 0.000000640. The van der Waals surface area contributed by atoms with Crippen molar-refractivity contribution in [2.24, 2.45) is 0 Å². The Labute approximate surface area is 64.9 Å². The van der Waals surface area contributed by atoms with Crippen LogP contribution in [0.5, 0.6) is 0 Å². The molecule has 0 heterocycles. The number of rotatable bonds is 1. The number of Topliss-reactive ketones (excluding diaryl/α,β-unsaturated/α-hetero) is 1. The largest absolute Gasteiger partial charge is 0.309 e. The number of ketones is 1. The van der Waals surface area contributed by atoms with Gasteiger partial charge in [0.1, 0.15) is 5.78 Å². The first-order valence-corrected chi connectivity index (χ1v) is 2.53. The van der Waals surface area contributed by atoms with E-state index in [9.17, 15) is 4.79 Å². The van der Waals surface area contributed by atoms with Crippen LogP contribution in [0.4, 0.5) is 0 Å². The Morgan fingerprint density at radius 3 is 2.00 bits per heavy atom. The van der Waals surface area contributed by atoms with Gasteiger partial charge in [0, 0.05) is 17.1 Å². The molecule has 50 valence electrons. The number of hydrogen-bond donors (Lipinski definition) is 0. The van der Waals surface area contributed by atoms with Gasteiger partial charge in [-0.3, -0.25) is 0 Å². The van der Waals surface area contributed by atoms with Gasteiger partial charge < -0.3 is 4.79 Å². The van der Waals surface area contributed by atoms with Crippen molar-refractivity contribution in [3.8, 4) is 0 Å². The summed E-state index contributed by atoms with van der Waals surface area (Å²) in [6.45, 7) is 1.56. The Kier molecular flexibility index (Phi) is 3.36. The van der Waals surface area contributed by atoms with E-state index in [-0.39, 0.29) is 22.9 Å². The molecule has 0 radical (unpaired) electrons. The standard InChI is InChI=1S/C7H7O.Fe/c1-6(8)7-4-2-3-5-7;/h2-5H,1H3;/q-1;. The normalized spacial score (nSPS) is 8.11. The summed E-state index contributed by atoms with van der Waals surface area (Å²) in [5, 5.41) is 0. The molecule has 0 aliphatic heterocycles. The first-order chi connectivity index (χ1) is 3.80. The topological polar surface area (TPSA) is 17.1 Å². The van der Waals surface area contributed by atoms with E-state index >= 15 is 0 Å². The SMILES string of the molecule is CC(=O)[c-]1cccc1.[Fe]. The van der Waals surface area contributed by atoms with Crippen molar-refractivity contribution >= 4 is 5.78 Å². The van der Waals surface area contributed by atoms with E-state index in [0.29, 0.717) is 0 Å². The monoisotopic (exact) mass is 163 g/mol. The summed E-state index contributed by atoms with van der Waals surface area (Å²) in [5.74, 6) is 0.134. The summed E-state index contributed by atoms with van der Waals surface area (Å²) in [4.78, 5) is 10.5. The van der Waals surface area contributed by atoms with E-state index in [1.165, 1.54) is 0 Å². The molecular formula is C7H7FeO-. The second-order valence-corrected chi connectivity index (χ2v) is 1.73. The van der Waals surface area contributed by atoms with Crippen LogP contribution >= 0.6 is 0 Å². The molecule has 0 aliphatic rings. The van der Waals surface area contributed by atoms with E-state index < -0.39 is 0 Å². The van der Waals surface area contributed by atoms with Crippen LogP contribution in [0.15, 0.2) is 24.3 Å². The van der Waals surface area contributed by atoms with Gasteiger partial charge >= 0.3 is 0 Å². The Hall–Kier alpha value is -0.461. The summed E-state index contributed by atoms with van der Waals surface area (Å²) < 4.78 is 0. The second-order valence-electron chi connectivity index (χ2n) is 1.73. The molecule has 9 heavy (non-hydrogen) atoms. The molecule has 0 unspecified atom stereocenters. The maximum absolute atomic E-state index is 10.5. The molecule has 0 spiro atoms. The molecule has 0 amide bonds. The molecule has 0 bridgehead atoms. The minimum atomic E-state index is 0. The van der Waals surface area contributed by atoms with E-state index in [4.69, 9.17) is 0 Å². The molecule has 0 atom stereocenters. The second kappa shape index (κ2) is 3.54. The fraction of sp³-hybridized carbons (Fsp3) is 0.143. The summed E-state index contributed by atoms with van der Waals surface area (Å²) in [5.41, 5.74) is 0.796. The third-order valence-corrected chi connectivity index (χ3v) is 1.07. The van der Waals surface area contributed by atoms with Gasteiger partial charge in [-0.25, -0.2) is 12.1 Å². The average Bonchev–Trinajstić information content (AvgIpc) is 2.12. The molecule has 1 nitrogen and oxygen atoms in total. The molecule has 2 heteroatoms. The maximum atomic E-state index is 10.5. The van der Waals surface area contributed by atoms with Crippen LogP contribution in [0.1, 0.15) is 17.3 Å². The molecule has 1 aromatic rings. The summed E-state index contributed by atoms with van der Waals surface area (Å²) in [6.07, 6.45) is 0. The fourth-order valence-corrected chi connectivity index (χ4v) is 0.609. The van der Waals surface area contributed by atoms with Gasteiger partial charge in [0.15, 0.2) is 0 Å². The zero-order valence-corrected chi connectivity index (χ0v) is 6.18. The van der Waals surface area contributed by atoms with E-state index in [1.54, 1.807) is 6.92 Å². The first kappa shape index (κ1) is 8.54. The minimum absolute atomic E-state index is 0. The maximum Gasteiger partial charge on any atom is 0.105 e. The number of carbonyl (C=O) groups is 1. The van der Waals surface area contributed by atoms with Crippen molar-refractivity contribution in [2.75, 3.05) is 0 Å². The van der Waals surface area contributed by atoms with Crippen LogP contribution in [0.3, 0.4) is 0 Å². The smallest absolute Gasteiger partial charge is 0.105 e. The summed E-state index contributed by atoms with van der Waals surface area (Å²) in [7, 11) is 0. The van der Waals surface area contributed by atoms with Crippen LogP contribution in [0.2, 0.25) is 0 Å². The molecular weight excluding hydrogens is 156 g/mol. The Morgan fingerprint density at radius 2 is 1.78 bits per heavy atom. The molecule has 1 aromatic carbocycles. The van der Waals surface area contributed by atoms with Gasteiger partial charge in [-0.05, 0) is 6.92 Å². The predicted octanol–water partition coefficient (Wildman–Crippen LogP) is 1.61. The van der Waals surface area contributed by atoms with E-state index in [1.807, 2.05) is 24.3 Å². The van der Waals surface area contributed by atoms with E-state index in [0.717, 1.165) is 5.56 Å². The van der Waals surface area contributed by atoms with Crippen LogP contribution in [0, 0.1) is 0 Å². The number of hydrogen-bond acceptors (Lipinski definition) is 1. The summed E-state index contributed by atoms with van der Waals surface area (Å²) >= 11 is 0. The quantitative estimate of drug-likeness (QED) is 0.349. The van der Waals surface area contributed by atoms with Gasteiger partial charge in [0.25, 0.3) is 0 Å². The van der Waals surface area contributed by atoms with Crippen LogP contribution in [-0.4, -0.2) is 5.78 Å². The van der Waals surface area contributed by atoms with Gasteiger partial charge in [-0.1, -0.05) is 5.56 Å². The van der Waals surface area contributed by atoms with Crippen molar-refractivity contribution in [3.63, 3.8) is 0 Å². The molecule has 0 saturated heterocycles. The third kappa shape index (κ3) is 2.08. The predicted molar refractivity (Wildman–Crippen MR) is 32.0 cm³/mol. The van der Waals surface area contributed by atoms with Crippen molar-refractivity contribution in [2.45, 2.75) is 6.92 Å².